The third-order valence-corrected chi connectivity index (χ3v) is 6.02. The van der Waals surface area contributed by atoms with Gasteiger partial charge < -0.3 is 14.4 Å². The van der Waals surface area contributed by atoms with Crippen LogP contribution in [0.4, 0.5) is 5.82 Å². The molecule has 0 saturated carbocycles. The van der Waals surface area contributed by atoms with Gasteiger partial charge in [0, 0.05) is 37.6 Å². The average molecular weight is 401 g/mol. The number of hydrogen-bond acceptors (Lipinski definition) is 6. The molecular weight excluding hydrogens is 378 g/mol. The molecule has 1 aromatic heterocycles. The highest BCUT2D eigenvalue weighted by Gasteiger charge is 2.43. The van der Waals surface area contributed by atoms with Crippen LogP contribution >= 0.6 is 0 Å². The lowest BCUT2D eigenvalue weighted by atomic mass is 9.82. The first kappa shape index (κ1) is 18.6. The monoisotopic (exact) mass is 401 g/mol. The number of nitrogens with zero attached hydrogens (tertiary/aromatic N) is 3. The summed E-state index contributed by atoms with van der Waals surface area (Å²) in [6.07, 6.45) is 1.94. The van der Waals surface area contributed by atoms with Gasteiger partial charge in [0.15, 0.2) is 11.6 Å². The lowest BCUT2D eigenvalue weighted by Gasteiger charge is -2.44. The fraction of sp³-hybridized carbons (Fsp3) is 0.292. The third-order valence-electron chi connectivity index (χ3n) is 6.02. The van der Waals surface area contributed by atoms with Crippen molar-refractivity contribution in [2.45, 2.75) is 24.9 Å². The normalized spacial score (nSPS) is 17.4. The van der Waals surface area contributed by atoms with Crippen LogP contribution in [0.1, 0.15) is 29.6 Å². The minimum Gasteiger partial charge on any atom is -0.497 e. The minimum absolute atomic E-state index is 0.138. The molecular formula is C24H23N3O3. The summed E-state index contributed by atoms with van der Waals surface area (Å²) >= 11 is 0. The zero-order chi connectivity index (χ0) is 20.6. The summed E-state index contributed by atoms with van der Waals surface area (Å²) in [4.78, 5) is 14.9. The fourth-order valence-corrected chi connectivity index (χ4v) is 4.28. The van der Waals surface area contributed by atoms with Crippen molar-refractivity contribution in [1.29, 1.82) is 0 Å². The number of aromatic nitrogens is 2. The minimum atomic E-state index is -0.454. The van der Waals surface area contributed by atoms with E-state index in [1.165, 1.54) is 0 Å². The Balaban J connectivity index is 1.30. The maximum Gasteiger partial charge on any atom is 0.170 e. The second kappa shape index (κ2) is 7.44. The Morgan fingerprint density at radius 3 is 2.50 bits per heavy atom. The summed E-state index contributed by atoms with van der Waals surface area (Å²) in [5.74, 6) is 2.32. The lowest BCUT2D eigenvalue weighted by Crippen LogP contribution is -2.51. The number of fused-ring (bicyclic) bond motifs is 1. The molecule has 0 unspecified atom stereocenters. The summed E-state index contributed by atoms with van der Waals surface area (Å²) in [6.45, 7) is 1.54. The number of ketones is 1. The Morgan fingerprint density at radius 2 is 1.80 bits per heavy atom. The van der Waals surface area contributed by atoms with Gasteiger partial charge in [-0.2, -0.15) is 0 Å². The van der Waals surface area contributed by atoms with Gasteiger partial charge in [-0.05, 0) is 24.3 Å². The van der Waals surface area contributed by atoms with E-state index in [1.807, 2.05) is 48.5 Å². The van der Waals surface area contributed by atoms with Crippen molar-refractivity contribution in [3.63, 3.8) is 0 Å². The lowest BCUT2D eigenvalue weighted by molar-refractivity contribution is 0.0229. The molecule has 152 valence electrons. The average Bonchev–Trinajstić information content (AvgIpc) is 2.80. The number of anilines is 1. The summed E-state index contributed by atoms with van der Waals surface area (Å²) in [5, 5.41) is 8.84. The van der Waals surface area contributed by atoms with Gasteiger partial charge in [0.05, 0.1) is 24.8 Å². The van der Waals surface area contributed by atoms with Gasteiger partial charge in [-0.1, -0.05) is 30.3 Å². The first-order valence-electron chi connectivity index (χ1n) is 10.2. The molecule has 2 aliphatic heterocycles. The van der Waals surface area contributed by atoms with E-state index in [1.54, 1.807) is 19.2 Å². The molecule has 0 amide bonds. The van der Waals surface area contributed by atoms with Crippen LogP contribution in [-0.2, 0) is 0 Å². The summed E-state index contributed by atoms with van der Waals surface area (Å²) < 4.78 is 11.7. The maximum atomic E-state index is 12.7. The van der Waals surface area contributed by atoms with Crippen LogP contribution in [0.25, 0.3) is 11.3 Å². The highest BCUT2D eigenvalue weighted by molar-refractivity contribution is 6.00. The van der Waals surface area contributed by atoms with E-state index in [4.69, 9.17) is 9.47 Å². The van der Waals surface area contributed by atoms with Crippen LogP contribution in [-0.4, -0.2) is 41.8 Å². The molecule has 1 fully saturated rings. The molecule has 5 rings (SSSR count). The molecule has 2 aliphatic rings. The quantitative estimate of drug-likeness (QED) is 0.657. The van der Waals surface area contributed by atoms with E-state index in [0.29, 0.717) is 23.5 Å². The summed E-state index contributed by atoms with van der Waals surface area (Å²) in [5.41, 5.74) is 2.10. The molecule has 0 N–H and O–H groups in total. The van der Waals surface area contributed by atoms with E-state index >= 15 is 0 Å². The molecule has 6 nitrogen and oxygen atoms in total. The number of carbonyl (C=O) groups excluding carboxylic acids is 1. The van der Waals surface area contributed by atoms with E-state index in [2.05, 4.69) is 15.1 Å². The Labute approximate surface area is 175 Å². The molecule has 3 heterocycles. The summed E-state index contributed by atoms with van der Waals surface area (Å²) in [7, 11) is 1.62. The molecule has 0 atom stereocenters. The van der Waals surface area contributed by atoms with Crippen molar-refractivity contribution >= 4 is 11.6 Å². The second-order valence-electron chi connectivity index (χ2n) is 7.88. The van der Waals surface area contributed by atoms with Crippen LogP contribution in [0.15, 0.2) is 60.7 Å². The predicted molar refractivity (Wildman–Crippen MR) is 114 cm³/mol. The fourth-order valence-electron chi connectivity index (χ4n) is 4.28. The van der Waals surface area contributed by atoms with E-state index in [9.17, 15) is 4.79 Å². The largest absolute Gasteiger partial charge is 0.497 e. The number of methoxy groups -OCH3 is 1. The van der Waals surface area contributed by atoms with Gasteiger partial charge >= 0.3 is 0 Å². The van der Waals surface area contributed by atoms with E-state index in [-0.39, 0.29) is 5.78 Å². The molecule has 0 aliphatic carbocycles. The highest BCUT2D eigenvalue weighted by Crippen LogP contribution is 2.41. The number of rotatable bonds is 3. The van der Waals surface area contributed by atoms with Gasteiger partial charge in [-0.3, -0.25) is 4.79 Å². The third kappa shape index (κ3) is 3.38. The number of carbonyl (C=O) groups is 1. The van der Waals surface area contributed by atoms with E-state index in [0.717, 1.165) is 43.0 Å². The van der Waals surface area contributed by atoms with Crippen molar-refractivity contribution < 1.29 is 14.3 Å². The number of Topliss-reactive ketones (excluding diaryl/α,β-unsaturated/α-hetero) is 1. The van der Waals surface area contributed by atoms with E-state index < -0.39 is 5.60 Å². The highest BCUT2D eigenvalue weighted by atomic mass is 16.5. The number of hydrogen-bond donors (Lipinski definition) is 0. The smallest absolute Gasteiger partial charge is 0.170 e. The van der Waals surface area contributed by atoms with Crippen LogP contribution in [0.5, 0.6) is 11.5 Å². The molecule has 1 spiro atoms. The van der Waals surface area contributed by atoms with Crippen molar-refractivity contribution in [2.24, 2.45) is 0 Å². The van der Waals surface area contributed by atoms with Gasteiger partial charge in [-0.25, -0.2) is 0 Å². The molecule has 1 saturated heterocycles. The molecule has 3 aromatic rings. The summed E-state index contributed by atoms with van der Waals surface area (Å²) in [6, 6.07) is 19.5. The van der Waals surface area contributed by atoms with Crippen LogP contribution in [0, 0.1) is 0 Å². The molecule has 6 heteroatoms. The van der Waals surface area contributed by atoms with Crippen molar-refractivity contribution in [3.8, 4) is 22.8 Å². The zero-order valence-corrected chi connectivity index (χ0v) is 16.9. The van der Waals surface area contributed by atoms with Crippen LogP contribution in [0.3, 0.4) is 0 Å². The van der Waals surface area contributed by atoms with Crippen molar-refractivity contribution in [2.75, 3.05) is 25.1 Å². The molecule has 0 bridgehead atoms. The number of ether oxygens (including phenoxy) is 2. The molecule has 2 aromatic carbocycles. The zero-order valence-electron chi connectivity index (χ0n) is 16.9. The predicted octanol–water partition coefficient (Wildman–Crippen LogP) is 4.16. The van der Waals surface area contributed by atoms with Crippen LogP contribution < -0.4 is 14.4 Å². The number of piperidine rings is 1. The topological polar surface area (TPSA) is 64.6 Å². The Hall–Kier alpha value is -3.41. The van der Waals surface area contributed by atoms with Gasteiger partial charge in [-0.15, -0.1) is 10.2 Å². The second-order valence-corrected chi connectivity index (χ2v) is 7.88. The standard InChI is InChI=1S/C24H23N3O3/c1-29-18-7-8-19-21(28)16-24(30-22(19)15-18)11-13-27(14-12-24)23-10-9-20(25-26-23)17-5-3-2-4-6-17/h2-10,15H,11-14,16H2,1H3. The van der Waals surface area contributed by atoms with Gasteiger partial charge in [0.25, 0.3) is 0 Å². The first-order chi connectivity index (χ1) is 14.7. The Morgan fingerprint density at radius 1 is 1.00 bits per heavy atom. The van der Waals surface area contributed by atoms with Crippen molar-refractivity contribution in [1.82, 2.24) is 10.2 Å². The molecule has 0 radical (unpaired) electrons. The Bertz CT molecular complexity index is 1060. The number of benzene rings is 2. The maximum absolute atomic E-state index is 12.7. The van der Waals surface area contributed by atoms with Crippen molar-refractivity contribution in [3.05, 3.63) is 66.2 Å². The molecule has 30 heavy (non-hydrogen) atoms. The first-order valence-corrected chi connectivity index (χ1v) is 10.2. The van der Waals surface area contributed by atoms with Crippen LogP contribution in [0.2, 0.25) is 0 Å². The van der Waals surface area contributed by atoms with Gasteiger partial charge in [0.2, 0.25) is 0 Å². The van der Waals surface area contributed by atoms with Gasteiger partial charge in [0.1, 0.15) is 17.1 Å². The SMILES string of the molecule is COc1ccc2c(c1)OC1(CCN(c3ccc(-c4ccccc4)nn3)CC1)CC2=O. The Kier molecular flexibility index (Phi) is 4.62.